The van der Waals surface area contributed by atoms with Crippen LogP contribution in [0.5, 0.6) is 5.75 Å². The molecule has 0 aliphatic heterocycles. The summed E-state index contributed by atoms with van der Waals surface area (Å²) in [6.45, 7) is 3.64. The lowest BCUT2D eigenvalue weighted by atomic mass is 10.1. The number of amides is 1. The largest absolute Gasteiger partial charge is 0.487 e. The number of pyridine rings is 2. The van der Waals surface area contributed by atoms with Gasteiger partial charge >= 0.3 is 6.09 Å². The Labute approximate surface area is 175 Å². The molecule has 2 N–H and O–H groups in total. The van der Waals surface area contributed by atoms with Crippen LogP contribution in [0.4, 0.5) is 4.79 Å². The molecule has 0 spiro atoms. The van der Waals surface area contributed by atoms with Crippen molar-refractivity contribution in [1.29, 1.82) is 0 Å². The lowest BCUT2D eigenvalue weighted by molar-refractivity contribution is 0.128. The van der Waals surface area contributed by atoms with Gasteiger partial charge in [0.15, 0.2) is 0 Å². The van der Waals surface area contributed by atoms with Gasteiger partial charge in [-0.15, -0.1) is 0 Å². The van der Waals surface area contributed by atoms with Crippen LogP contribution >= 0.6 is 15.9 Å². The summed E-state index contributed by atoms with van der Waals surface area (Å²) in [5, 5.41) is 14.0. The smallest absolute Gasteiger partial charge is 0.404 e. The minimum atomic E-state index is -1.07. The summed E-state index contributed by atoms with van der Waals surface area (Å²) in [6.07, 6.45) is 2.39. The Hall–Kier alpha value is -2.61. The summed E-state index contributed by atoms with van der Waals surface area (Å²) in [5.74, 6) is 0.905. The van der Waals surface area contributed by atoms with Crippen molar-refractivity contribution in [3.63, 3.8) is 0 Å². The molecule has 2 heterocycles. The molecule has 1 aliphatic carbocycles. The minimum absolute atomic E-state index is 0.106. The van der Waals surface area contributed by atoms with E-state index in [-0.39, 0.29) is 17.7 Å². The standard InChI is InChI=1S/C21H22BrN3O4/c1-10-18-13(6-7-23-10)14-8-15(22)17(9-16(14)25(3)20(18)26)29-19(12-4-5-12)11(2)24-21(27)28/h6-9,11-12,19,24H,4-5H2,1-3H3,(H,27,28). The second-order valence-corrected chi connectivity index (χ2v) is 8.50. The first-order valence-electron chi connectivity index (χ1n) is 9.51. The summed E-state index contributed by atoms with van der Waals surface area (Å²) in [4.78, 5) is 28.3. The van der Waals surface area contributed by atoms with Gasteiger partial charge in [-0.25, -0.2) is 4.79 Å². The predicted octanol–water partition coefficient (Wildman–Crippen LogP) is 3.97. The quantitative estimate of drug-likeness (QED) is 0.562. The average molecular weight is 460 g/mol. The molecule has 0 saturated heterocycles. The molecule has 2 aromatic heterocycles. The number of halogens is 1. The first-order chi connectivity index (χ1) is 13.8. The Morgan fingerprint density at radius 1 is 1.38 bits per heavy atom. The minimum Gasteiger partial charge on any atom is -0.487 e. The maximum Gasteiger partial charge on any atom is 0.404 e. The van der Waals surface area contributed by atoms with E-state index in [9.17, 15) is 9.59 Å². The molecule has 29 heavy (non-hydrogen) atoms. The number of aryl methyl sites for hydroxylation is 2. The number of nitrogens with zero attached hydrogens (tertiary/aromatic N) is 2. The monoisotopic (exact) mass is 459 g/mol. The SMILES string of the molecule is Cc1nccc2c1c(=O)n(C)c1cc(OC(C3CC3)C(C)NC(=O)O)c(Br)cc21. The Morgan fingerprint density at radius 2 is 2.10 bits per heavy atom. The molecule has 3 aromatic rings. The number of carbonyl (C=O) groups is 1. The normalized spacial score (nSPS) is 16.0. The summed E-state index contributed by atoms with van der Waals surface area (Å²) >= 11 is 3.60. The molecule has 0 radical (unpaired) electrons. The number of carboxylic acid groups (broad SMARTS) is 1. The van der Waals surface area contributed by atoms with Gasteiger partial charge in [-0.05, 0) is 66.1 Å². The molecular formula is C21H22BrN3O4. The third-order valence-electron chi connectivity index (χ3n) is 5.55. The van der Waals surface area contributed by atoms with Crippen LogP contribution in [-0.4, -0.2) is 32.9 Å². The zero-order valence-corrected chi connectivity index (χ0v) is 18.0. The van der Waals surface area contributed by atoms with Crippen LogP contribution in [0.2, 0.25) is 0 Å². The molecule has 0 bridgehead atoms. The lowest BCUT2D eigenvalue weighted by Crippen LogP contribution is -2.44. The molecule has 1 fully saturated rings. The van der Waals surface area contributed by atoms with E-state index in [0.717, 1.165) is 33.6 Å². The average Bonchev–Trinajstić information content (AvgIpc) is 3.49. The Kier molecular flexibility index (Phi) is 4.98. The fraction of sp³-hybridized carbons (Fsp3) is 0.381. The van der Waals surface area contributed by atoms with Crippen LogP contribution in [-0.2, 0) is 7.05 Å². The van der Waals surface area contributed by atoms with E-state index in [4.69, 9.17) is 9.84 Å². The van der Waals surface area contributed by atoms with Gasteiger partial charge in [0.2, 0.25) is 0 Å². The number of nitrogens with one attached hydrogen (secondary N) is 1. The third-order valence-corrected chi connectivity index (χ3v) is 6.17. The van der Waals surface area contributed by atoms with Gasteiger partial charge in [0.05, 0.1) is 27.1 Å². The van der Waals surface area contributed by atoms with Crippen molar-refractivity contribution in [3.8, 4) is 5.75 Å². The molecule has 1 amide bonds. The van der Waals surface area contributed by atoms with Crippen LogP contribution in [0, 0.1) is 12.8 Å². The van der Waals surface area contributed by atoms with Gasteiger partial charge in [0.25, 0.3) is 5.56 Å². The van der Waals surface area contributed by atoms with Gasteiger partial charge in [-0.2, -0.15) is 0 Å². The van der Waals surface area contributed by atoms with E-state index in [1.54, 1.807) is 17.8 Å². The number of aromatic nitrogens is 2. The van der Waals surface area contributed by atoms with Crippen molar-refractivity contribution in [2.45, 2.75) is 38.8 Å². The highest BCUT2D eigenvalue weighted by Gasteiger charge is 2.37. The molecule has 2 unspecified atom stereocenters. The van der Waals surface area contributed by atoms with Crippen molar-refractivity contribution in [2.24, 2.45) is 13.0 Å². The Balaban J connectivity index is 1.83. The zero-order valence-electron chi connectivity index (χ0n) is 16.4. The molecule has 8 heteroatoms. The van der Waals surface area contributed by atoms with Gasteiger partial charge in [-0.3, -0.25) is 9.78 Å². The number of ether oxygens (including phenoxy) is 1. The lowest BCUT2D eigenvalue weighted by Gasteiger charge is -2.26. The number of rotatable bonds is 5. The van der Waals surface area contributed by atoms with E-state index >= 15 is 0 Å². The summed E-state index contributed by atoms with van der Waals surface area (Å²) in [7, 11) is 1.74. The van der Waals surface area contributed by atoms with Crippen LogP contribution in [0.15, 0.2) is 33.7 Å². The fourth-order valence-corrected chi connectivity index (χ4v) is 4.36. The van der Waals surface area contributed by atoms with Crippen molar-refractivity contribution >= 4 is 43.7 Å². The summed E-state index contributed by atoms with van der Waals surface area (Å²) < 4.78 is 8.64. The van der Waals surface area contributed by atoms with E-state index < -0.39 is 6.09 Å². The molecule has 152 valence electrons. The highest BCUT2D eigenvalue weighted by molar-refractivity contribution is 9.10. The molecule has 7 nitrogen and oxygen atoms in total. The Morgan fingerprint density at radius 3 is 2.76 bits per heavy atom. The Bertz CT molecular complexity index is 1190. The molecule has 2 atom stereocenters. The van der Waals surface area contributed by atoms with Crippen LogP contribution in [0.3, 0.4) is 0 Å². The second kappa shape index (κ2) is 7.33. The van der Waals surface area contributed by atoms with Gasteiger partial charge < -0.3 is 19.7 Å². The first kappa shape index (κ1) is 19.7. The van der Waals surface area contributed by atoms with Crippen LogP contribution in [0.25, 0.3) is 21.7 Å². The molecule has 1 saturated carbocycles. The van der Waals surface area contributed by atoms with E-state index in [1.807, 2.05) is 32.0 Å². The van der Waals surface area contributed by atoms with Gasteiger partial charge in [-0.1, -0.05) is 0 Å². The van der Waals surface area contributed by atoms with E-state index in [1.165, 1.54) is 0 Å². The number of benzene rings is 1. The molecular weight excluding hydrogens is 438 g/mol. The number of hydrogen-bond acceptors (Lipinski definition) is 4. The highest BCUT2D eigenvalue weighted by atomic mass is 79.9. The van der Waals surface area contributed by atoms with Crippen LogP contribution in [0.1, 0.15) is 25.5 Å². The molecule has 4 rings (SSSR count). The van der Waals surface area contributed by atoms with Crippen molar-refractivity contribution in [2.75, 3.05) is 0 Å². The predicted molar refractivity (Wildman–Crippen MR) is 115 cm³/mol. The fourth-order valence-electron chi connectivity index (χ4n) is 3.92. The second-order valence-electron chi connectivity index (χ2n) is 7.64. The molecule has 1 aliphatic rings. The first-order valence-corrected chi connectivity index (χ1v) is 10.3. The van der Waals surface area contributed by atoms with Crippen molar-refractivity contribution in [1.82, 2.24) is 14.9 Å². The summed E-state index contributed by atoms with van der Waals surface area (Å²) in [5.41, 5.74) is 1.34. The van der Waals surface area contributed by atoms with Crippen molar-refractivity contribution < 1.29 is 14.6 Å². The maximum atomic E-state index is 12.9. The topological polar surface area (TPSA) is 93.5 Å². The number of fused-ring (bicyclic) bond motifs is 3. The van der Waals surface area contributed by atoms with Gasteiger partial charge in [0, 0.05) is 24.7 Å². The summed E-state index contributed by atoms with van der Waals surface area (Å²) in [6, 6.07) is 5.30. The van der Waals surface area contributed by atoms with Gasteiger partial charge in [0.1, 0.15) is 11.9 Å². The third kappa shape index (κ3) is 3.57. The van der Waals surface area contributed by atoms with Crippen LogP contribution < -0.4 is 15.6 Å². The molecule has 1 aromatic carbocycles. The number of hydrogen-bond donors (Lipinski definition) is 2. The van der Waals surface area contributed by atoms with E-state index in [0.29, 0.717) is 22.7 Å². The maximum absolute atomic E-state index is 12.9. The van der Waals surface area contributed by atoms with Crippen molar-refractivity contribution in [3.05, 3.63) is 44.9 Å². The zero-order chi connectivity index (χ0) is 20.9. The highest BCUT2D eigenvalue weighted by Crippen LogP contribution is 2.39. The van der Waals surface area contributed by atoms with E-state index in [2.05, 4.69) is 26.2 Å².